The standard InChI is InChI=1S/C13H17F3N2O2/c14-13(15,16)10-3-5-11(6-4-10)20-9-8-18-12(19)2-1-7-17/h3-6H,1-2,7-9,17H2,(H,18,19). The number of amides is 1. The van der Waals surface area contributed by atoms with Crippen LogP contribution in [0.1, 0.15) is 18.4 Å². The van der Waals surface area contributed by atoms with E-state index in [1.807, 2.05) is 0 Å². The molecule has 1 amide bonds. The minimum atomic E-state index is -4.35. The number of carbonyl (C=O) groups is 1. The smallest absolute Gasteiger partial charge is 0.416 e. The molecular formula is C13H17F3N2O2. The second-order valence-electron chi connectivity index (χ2n) is 4.11. The molecule has 1 rings (SSSR count). The summed E-state index contributed by atoms with van der Waals surface area (Å²) < 4.78 is 42.2. The van der Waals surface area contributed by atoms with Crippen molar-refractivity contribution >= 4 is 5.91 Å². The highest BCUT2D eigenvalue weighted by Crippen LogP contribution is 2.30. The molecule has 0 unspecified atom stereocenters. The molecular weight excluding hydrogens is 273 g/mol. The van der Waals surface area contributed by atoms with E-state index >= 15 is 0 Å². The first-order chi connectivity index (χ1) is 9.43. The molecule has 0 aliphatic carbocycles. The molecule has 0 atom stereocenters. The van der Waals surface area contributed by atoms with Gasteiger partial charge in [-0.3, -0.25) is 4.79 Å². The van der Waals surface area contributed by atoms with Gasteiger partial charge in [-0.25, -0.2) is 0 Å². The van der Waals surface area contributed by atoms with E-state index in [4.69, 9.17) is 10.5 Å². The largest absolute Gasteiger partial charge is 0.492 e. The quantitative estimate of drug-likeness (QED) is 0.754. The SMILES string of the molecule is NCCCC(=O)NCCOc1ccc(C(F)(F)F)cc1. The molecule has 0 fully saturated rings. The summed E-state index contributed by atoms with van der Waals surface area (Å²) in [6.45, 7) is 0.944. The predicted octanol–water partition coefficient (Wildman–Crippen LogP) is 1.94. The number of hydrogen-bond donors (Lipinski definition) is 2. The van der Waals surface area contributed by atoms with Crippen molar-refractivity contribution in [2.75, 3.05) is 19.7 Å². The summed E-state index contributed by atoms with van der Waals surface area (Å²) in [6, 6.07) is 4.41. The normalized spacial score (nSPS) is 11.2. The van der Waals surface area contributed by atoms with Gasteiger partial charge in [0.05, 0.1) is 12.1 Å². The van der Waals surface area contributed by atoms with E-state index in [0.717, 1.165) is 12.1 Å². The molecule has 3 N–H and O–H groups in total. The third-order valence-electron chi connectivity index (χ3n) is 2.48. The van der Waals surface area contributed by atoms with Crippen molar-refractivity contribution in [3.8, 4) is 5.75 Å². The highest BCUT2D eigenvalue weighted by molar-refractivity contribution is 5.75. The zero-order valence-corrected chi connectivity index (χ0v) is 10.9. The average Bonchev–Trinajstić information content (AvgIpc) is 2.41. The van der Waals surface area contributed by atoms with Crippen LogP contribution in [0.3, 0.4) is 0 Å². The van der Waals surface area contributed by atoms with Crippen LogP contribution in [0.4, 0.5) is 13.2 Å². The van der Waals surface area contributed by atoms with Crippen LogP contribution >= 0.6 is 0 Å². The lowest BCUT2D eigenvalue weighted by molar-refractivity contribution is -0.137. The molecule has 0 bridgehead atoms. The van der Waals surface area contributed by atoms with Gasteiger partial charge in [-0.2, -0.15) is 13.2 Å². The first kappa shape index (κ1) is 16.3. The van der Waals surface area contributed by atoms with Crippen LogP contribution in [0.25, 0.3) is 0 Å². The van der Waals surface area contributed by atoms with Gasteiger partial charge in [0, 0.05) is 6.42 Å². The van der Waals surface area contributed by atoms with Crippen LogP contribution < -0.4 is 15.8 Å². The summed E-state index contributed by atoms with van der Waals surface area (Å²) >= 11 is 0. The summed E-state index contributed by atoms with van der Waals surface area (Å²) in [5.74, 6) is 0.209. The second kappa shape index (κ2) is 7.74. The van der Waals surface area contributed by atoms with Gasteiger partial charge >= 0.3 is 6.18 Å². The van der Waals surface area contributed by atoms with E-state index in [1.54, 1.807) is 0 Å². The molecule has 0 saturated carbocycles. The van der Waals surface area contributed by atoms with Crippen molar-refractivity contribution in [2.24, 2.45) is 5.73 Å². The zero-order chi connectivity index (χ0) is 15.0. The summed E-state index contributed by atoms with van der Waals surface area (Å²) in [5.41, 5.74) is 4.54. The van der Waals surface area contributed by atoms with E-state index in [1.165, 1.54) is 12.1 Å². The Morgan fingerprint density at radius 2 is 1.90 bits per heavy atom. The molecule has 0 radical (unpaired) electrons. The molecule has 0 spiro atoms. The van der Waals surface area contributed by atoms with Crippen LogP contribution in [-0.2, 0) is 11.0 Å². The molecule has 0 aliphatic heterocycles. The van der Waals surface area contributed by atoms with E-state index < -0.39 is 11.7 Å². The third kappa shape index (κ3) is 5.92. The molecule has 4 nitrogen and oxygen atoms in total. The van der Waals surface area contributed by atoms with Gasteiger partial charge in [0.15, 0.2) is 0 Å². The Labute approximate surface area is 115 Å². The van der Waals surface area contributed by atoms with Crippen molar-refractivity contribution < 1.29 is 22.7 Å². The minimum absolute atomic E-state index is 0.119. The highest BCUT2D eigenvalue weighted by Gasteiger charge is 2.29. The summed E-state index contributed by atoms with van der Waals surface area (Å²) in [4.78, 5) is 11.2. The molecule has 0 aliphatic rings. The third-order valence-corrected chi connectivity index (χ3v) is 2.48. The Morgan fingerprint density at radius 3 is 2.45 bits per heavy atom. The van der Waals surface area contributed by atoms with Crippen molar-refractivity contribution in [1.29, 1.82) is 0 Å². The maximum Gasteiger partial charge on any atom is 0.416 e. The van der Waals surface area contributed by atoms with Crippen molar-refractivity contribution in [3.63, 3.8) is 0 Å². The Hall–Kier alpha value is -1.76. The first-order valence-corrected chi connectivity index (χ1v) is 6.20. The molecule has 20 heavy (non-hydrogen) atoms. The number of nitrogens with two attached hydrogens (primary N) is 1. The van der Waals surface area contributed by atoms with Crippen LogP contribution in [-0.4, -0.2) is 25.6 Å². The first-order valence-electron chi connectivity index (χ1n) is 6.20. The molecule has 1 aromatic carbocycles. The topological polar surface area (TPSA) is 64.4 Å². The van der Waals surface area contributed by atoms with Gasteiger partial charge in [-0.15, -0.1) is 0 Å². The highest BCUT2D eigenvalue weighted by atomic mass is 19.4. The lowest BCUT2D eigenvalue weighted by atomic mass is 10.2. The number of halogens is 3. The Morgan fingerprint density at radius 1 is 1.25 bits per heavy atom. The summed E-state index contributed by atoms with van der Waals surface area (Å²) in [6.07, 6.45) is -3.38. The fourth-order valence-corrected chi connectivity index (χ4v) is 1.45. The van der Waals surface area contributed by atoms with Crippen LogP contribution in [0.5, 0.6) is 5.75 Å². The van der Waals surface area contributed by atoms with Gasteiger partial charge in [-0.05, 0) is 37.2 Å². The van der Waals surface area contributed by atoms with Gasteiger partial charge in [0.1, 0.15) is 12.4 Å². The van der Waals surface area contributed by atoms with E-state index in [2.05, 4.69) is 5.32 Å². The van der Waals surface area contributed by atoms with Crippen LogP contribution in [0.2, 0.25) is 0 Å². The number of nitrogens with one attached hydrogen (secondary N) is 1. The fraction of sp³-hybridized carbons (Fsp3) is 0.462. The molecule has 1 aromatic rings. The molecule has 0 saturated heterocycles. The lowest BCUT2D eigenvalue weighted by Crippen LogP contribution is -2.28. The number of rotatable bonds is 7. The lowest BCUT2D eigenvalue weighted by Gasteiger charge is -2.09. The summed E-state index contributed by atoms with van der Waals surface area (Å²) in [5, 5.41) is 2.62. The Kier molecular flexibility index (Phi) is 6.30. The van der Waals surface area contributed by atoms with E-state index in [0.29, 0.717) is 31.7 Å². The Bertz CT molecular complexity index is 419. The Balaban J connectivity index is 2.27. The molecule has 0 heterocycles. The number of ether oxygens (including phenoxy) is 1. The van der Waals surface area contributed by atoms with Gasteiger partial charge < -0.3 is 15.8 Å². The van der Waals surface area contributed by atoms with Crippen molar-refractivity contribution in [1.82, 2.24) is 5.32 Å². The number of carbonyl (C=O) groups excluding carboxylic acids is 1. The van der Waals surface area contributed by atoms with Crippen LogP contribution in [0.15, 0.2) is 24.3 Å². The van der Waals surface area contributed by atoms with Crippen LogP contribution in [0, 0.1) is 0 Å². The molecule has 0 aromatic heterocycles. The minimum Gasteiger partial charge on any atom is -0.492 e. The average molecular weight is 290 g/mol. The van der Waals surface area contributed by atoms with Gasteiger partial charge in [0.2, 0.25) is 5.91 Å². The fourth-order valence-electron chi connectivity index (χ4n) is 1.45. The number of benzene rings is 1. The second-order valence-corrected chi connectivity index (χ2v) is 4.11. The van der Waals surface area contributed by atoms with E-state index in [9.17, 15) is 18.0 Å². The molecule has 112 valence electrons. The van der Waals surface area contributed by atoms with E-state index in [-0.39, 0.29) is 12.5 Å². The number of alkyl halides is 3. The zero-order valence-electron chi connectivity index (χ0n) is 10.9. The summed E-state index contributed by atoms with van der Waals surface area (Å²) in [7, 11) is 0. The predicted molar refractivity (Wildman–Crippen MR) is 68.2 cm³/mol. The van der Waals surface area contributed by atoms with Crippen molar-refractivity contribution in [3.05, 3.63) is 29.8 Å². The maximum absolute atomic E-state index is 12.3. The van der Waals surface area contributed by atoms with Gasteiger partial charge in [-0.1, -0.05) is 0 Å². The van der Waals surface area contributed by atoms with Gasteiger partial charge in [0.25, 0.3) is 0 Å². The number of hydrogen-bond acceptors (Lipinski definition) is 3. The molecule has 7 heteroatoms. The maximum atomic E-state index is 12.3. The monoisotopic (exact) mass is 290 g/mol. The van der Waals surface area contributed by atoms with Crippen molar-refractivity contribution in [2.45, 2.75) is 19.0 Å².